The summed E-state index contributed by atoms with van der Waals surface area (Å²) in [5.74, 6) is 0. The number of benzene rings is 8. The van der Waals surface area contributed by atoms with Crippen LogP contribution in [0.4, 0.5) is 0 Å². The third kappa shape index (κ3) is 5.06. The van der Waals surface area contributed by atoms with Gasteiger partial charge in [-0.3, -0.25) is 0 Å². The van der Waals surface area contributed by atoms with E-state index in [0.717, 1.165) is 27.5 Å². The Kier molecular flexibility index (Phi) is 8.23. The van der Waals surface area contributed by atoms with Gasteiger partial charge in [-0.05, 0) is 90.3 Å². The van der Waals surface area contributed by atoms with Gasteiger partial charge in [0.1, 0.15) is 81.8 Å². The molecule has 0 aliphatic carbocycles. The fraction of sp³-hybridized carbons (Fsp3) is 0. The highest BCUT2D eigenvalue weighted by atomic mass is 16.3. The van der Waals surface area contributed by atoms with Crippen LogP contribution in [0.3, 0.4) is 0 Å². The first kappa shape index (κ1) is 34.4. The summed E-state index contributed by atoms with van der Waals surface area (Å²) in [4.78, 5) is 0. The maximum atomic E-state index is 6.57. The smallest absolute Gasteiger partial charge is 0.139 e. The van der Waals surface area contributed by atoms with Gasteiger partial charge in [0, 0.05) is 10.8 Å². The maximum Gasteiger partial charge on any atom is 0.139 e. The van der Waals surface area contributed by atoms with Gasteiger partial charge in [-0.1, -0.05) is 124 Å². The van der Waals surface area contributed by atoms with E-state index in [9.17, 15) is 0 Å². The average molecular weight is 679 g/mol. The SMILES string of the molecule is Bc1c(B)c(B)c(-c2c(B)c(B)c(-c3c4ccccc4c(-c4ccc5c(c4)oc4ccc(-c6ccccc6)cc45)c4ccccc34)c(B)c2B)c(B)c1B. The number of furan rings is 1. The third-order valence-electron chi connectivity index (χ3n) is 12.9. The molecule has 0 atom stereocenters. The fourth-order valence-electron chi connectivity index (χ4n) is 9.39. The van der Waals surface area contributed by atoms with Crippen LogP contribution in [0, 0.1) is 0 Å². The highest BCUT2D eigenvalue weighted by molar-refractivity contribution is 6.71. The Bertz CT molecular complexity index is 2930. The molecule has 0 saturated heterocycles. The van der Waals surface area contributed by atoms with Crippen molar-refractivity contribution in [3.8, 4) is 44.5 Å². The van der Waals surface area contributed by atoms with Crippen LogP contribution in [0.15, 0.2) is 120 Å². The lowest BCUT2D eigenvalue weighted by Gasteiger charge is -2.28. The summed E-state index contributed by atoms with van der Waals surface area (Å²) in [5.41, 5.74) is 24.5. The number of fused-ring (bicyclic) bond motifs is 5. The van der Waals surface area contributed by atoms with E-state index in [1.54, 1.807) is 0 Å². The Labute approximate surface area is 326 Å². The summed E-state index contributed by atoms with van der Waals surface area (Å²) in [6, 6.07) is 41.9. The second kappa shape index (κ2) is 12.9. The Morgan fingerprint density at radius 1 is 0.259 bits per heavy atom. The molecule has 1 nitrogen and oxygen atoms in total. The first-order valence-electron chi connectivity index (χ1n) is 19.2. The van der Waals surface area contributed by atoms with E-state index in [4.69, 9.17) is 4.42 Å². The van der Waals surface area contributed by atoms with Crippen LogP contribution in [0.5, 0.6) is 0 Å². The van der Waals surface area contributed by atoms with Crippen LogP contribution in [-0.4, -0.2) is 70.6 Å². The third-order valence-corrected chi connectivity index (χ3v) is 12.9. The summed E-state index contributed by atoms with van der Waals surface area (Å²) >= 11 is 0. The van der Waals surface area contributed by atoms with Gasteiger partial charge in [0.05, 0.1) is 0 Å². The molecule has 0 bridgehead atoms. The zero-order valence-electron chi connectivity index (χ0n) is 32.9. The molecular formula is C44H37B9O. The lowest BCUT2D eigenvalue weighted by molar-refractivity contribution is 0.669. The molecule has 0 radical (unpaired) electrons. The highest BCUT2D eigenvalue weighted by Gasteiger charge is 2.24. The topological polar surface area (TPSA) is 13.1 Å². The molecule has 9 rings (SSSR count). The summed E-state index contributed by atoms with van der Waals surface area (Å²) in [6.45, 7) is 0. The standard InChI is InChI=1S/C44H37B9O/c45-36-33(37(46)39(48)34(38(36)47)35-40(49)42(51)44(53)43(52)41(35)50)32-26-12-6-4-10-24(26)31(25-11-5-7-13-27(25)32)22-14-16-23-28-18-21(20-8-2-1-3-9-20)15-17-29(28)54-30(23)19-22/h1-19H,45-53H2. The van der Waals surface area contributed by atoms with E-state index in [1.807, 2.05) is 0 Å². The first-order valence-corrected chi connectivity index (χ1v) is 19.2. The summed E-state index contributed by atoms with van der Waals surface area (Å²) in [7, 11) is 20.8. The van der Waals surface area contributed by atoms with Crippen molar-refractivity contribution in [2.45, 2.75) is 0 Å². The van der Waals surface area contributed by atoms with Gasteiger partial charge in [0.2, 0.25) is 0 Å². The number of hydrogen-bond donors (Lipinski definition) is 0. The van der Waals surface area contributed by atoms with E-state index in [2.05, 4.69) is 186 Å². The normalized spacial score (nSPS) is 11.6. The average Bonchev–Trinajstić information content (AvgIpc) is 3.57. The Morgan fingerprint density at radius 3 is 1.22 bits per heavy atom. The molecular weight excluding hydrogens is 642 g/mol. The van der Waals surface area contributed by atoms with Gasteiger partial charge in [-0.2, -0.15) is 0 Å². The van der Waals surface area contributed by atoms with Gasteiger partial charge in [-0.15, -0.1) is 16.4 Å². The first-order chi connectivity index (χ1) is 26.1. The number of hydrogen-bond acceptors (Lipinski definition) is 1. The second-order valence-corrected chi connectivity index (χ2v) is 15.5. The molecule has 0 N–H and O–H groups in total. The van der Waals surface area contributed by atoms with Gasteiger partial charge >= 0.3 is 0 Å². The van der Waals surface area contributed by atoms with Crippen molar-refractivity contribution in [1.29, 1.82) is 0 Å². The van der Waals surface area contributed by atoms with Crippen LogP contribution in [-0.2, 0) is 0 Å². The van der Waals surface area contributed by atoms with E-state index >= 15 is 0 Å². The quantitative estimate of drug-likeness (QED) is 0.142. The van der Waals surface area contributed by atoms with Gasteiger partial charge in [-0.25, -0.2) is 0 Å². The number of rotatable bonds is 4. The molecule has 8 aromatic carbocycles. The van der Waals surface area contributed by atoms with E-state index in [0.29, 0.717) is 0 Å². The zero-order chi connectivity index (χ0) is 37.6. The molecule has 9 aromatic rings. The molecule has 0 amide bonds. The van der Waals surface area contributed by atoms with Crippen molar-refractivity contribution >= 4 is 163 Å². The van der Waals surface area contributed by atoms with E-state index in [-0.39, 0.29) is 0 Å². The van der Waals surface area contributed by atoms with Crippen molar-refractivity contribution in [3.63, 3.8) is 0 Å². The molecule has 0 fully saturated rings. The van der Waals surface area contributed by atoms with Crippen LogP contribution in [0.2, 0.25) is 0 Å². The molecule has 0 aliphatic heterocycles. The minimum absolute atomic E-state index is 0.908. The minimum Gasteiger partial charge on any atom is -0.456 e. The Morgan fingerprint density at radius 2 is 0.685 bits per heavy atom. The molecule has 246 valence electrons. The summed E-state index contributed by atoms with van der Waals surface area (Å²) in [6.07, 6.45) is 0. The van der Waals surface area contributed by atoms with Crippen molar-refractivity contribution in [3.05, 3.63) is 115 Å². The molecule has 0 aliphatic rings. The predicted molar refractivity (Wildman–Crippen MR) is 264 cm³/mol. The molecule has 10 heteroatoms. The molecule has 0 spiro atoms. The van der Waals surface area contributed by atoms with Crippen molar-refractivity contribution in [2.24, 2.45) is 0 Å². The molecule has 0 saturated carbocycles. The molecule has 0 unspecified atom stereocenters. The fourth-order valence-corrected chi connectivity index (χ4v) is 9.39. The van der Waals surface area contributed by atoms with Crippen molar-refractivity contribution < 1.29 is 4.42 Å². The zero-order valence-corrected chi connectivity index (χ0v) is 32.9. The Balaban J connectivity index is 1.29. The maximum absolute atomic E-state index is 6.57. The Hall–Kier alpha value is -5.34. The van der Waals surface area contributed by atoms with E-state index < -0.39 is 0 Å². The summed E-state index contributed by atoms with van der Waals surface area (Å²) in [5, 5.41) is 7.33. The van der Waals surface area contributed by atoms with Gasteiger partial charge in [0.15, 0.2) is 0 Å². The second-order valence-electron chi connectivity index (χ2n) is 15.5. The molecule has 1 aromatic heterocycles. The van der Waals surface area contributed by atoms with Crippen LogP contribution >= 0.6 is 0 Å². The van der Waals surface area contributed by atoms with Gasteiger partial charge in [0.25, 0.3) is 0 Å². The van der Waals surface area contributed by atoms with Gasteiger partial charge < -0.3 is 4.42 Å². The van der Waals surface area contributed by atoms with Crippen LogP contribution in [0.25, 0.3) is 88.0 Å². The van der Waals surface area contributed by atoms with Crippen molar-refractivity contribution in [1.82, 2.24) is 0 Å². The largest absolute Gasteiger partial charge is 0.456 e. The molecule has 1 heterocycles. The monoisotopic (exact) mass is 680 g/mol. The van der Waals surface area contributed by atoms with E-state index in [1.165, 1.54) is 110 Å². The van der Waals surface area contributed by atoms with Crippen molar-refractivity contribution in [2.75, 3.05) is 0 Å². The molecule has 54 heavy (non-hydrogen) atoms. The van der Waals surface area contributed by atoms with Crippen LogP contribution < -0.4 is 49.2 Å². The highest BCUT2D eigenvalue weighted by Crippen LogP contribution is 2.44. The lowest BCUT2D eigenvalue weighted by atomic mass is 9.56. The predicted octanol–water partition coefficient (Wildman–Crippen LogP) is -3.11. The van der Waals surface area contributed by atoms with Crippen LogP contribution in [0.1, 0.15) is 0 Å². The minimum atomic E-state index is 0.908. The summed E-state index contributed by atoms with van der Waals surface area (Å²) < 4.78 is 6.57. The lowest BCUT2D eigenvalue weighted by Crippen LogP contribution is -2.57.